The smallest absolute Gasteiger partial charge is 0.320 e. The summed E-state index contributed by atoms with van der Waals surface area (Å²) in [5.74, 6) is -0.208. The van der Waals surface area contributed by atoms with E-state index in [0.29, 0.717) is 6.42 Å². The lowest BCUT2D eigenvalue weighted by Gasteiger charge is -2.32. The van der Waals surface area contributed by atoms with Gasteiger partial charge in [-0.1, -0.05) is 76.6 Å². The Morgan fingerprint density at radius 1 is 1.00 bits per heavy atom. The van der Waals surface area contributed by atoms with Crippen molar-refractivity contribution in [3.8, 4) is 0 Å². The molecule has 21 heavy (non-hydrogen) atoms. The summed E-state index contributed by atoms with van der Waals surface area (Å²) in [7, 11) is 1.46. The Kier molecular flexibility index (Phi) is 5.57. The molecule has 0 amide bonds. The number of hydrogen-bond donors (Lipinski definition) is 0. The highest BCUT2D eigenvalue weighted by Gasteiger charge is 2.42. The quantitative estimate of drug-likeness (QED) is 0.575. The normalized spacial score (nSPS) is 11.1. The summed E-state index contributed by atoms with van der Waals surface area (Å²) in [5, 5.41) is 0.853. The highest BCUT2D eigenvalue weighted by atomic mass is 79.9. The number of carbonyl (C=O) groups is 1. The molecular formula is C18H19BrO2. The molecule has 0 aliphatic carbocycles. The van der Waals surface area contributed by atoms with Crippen LogP contribution in [0.25, 0.3) is 0 Å². The van der Waals surface area contributed by atoms with Crippen molar-refractivity contribution in [1.82, 2.24) is 0 Å². The molecule has 0 saturated heterocycles. The van der Waals surface area contributed by atoms with E-state index < -0.39 is 5.41 Å². The molecule has 0 aliphatic heterocycles. The molecule has 0 unspecified atom stereocenters. The van der Waals surface area contributed by atoms with Gasteiger partial charge in [0.2, 0.25) is 0 Å². The first-order valence-corrected chi connectivity index (χ1v) is 8.13. The molecule has 0 N–H and O–H groups in total. The van der Waals surface area contributed by atoms with Gasteiger partial charge in [-0.05, 0) is 24.0 Å². The maximum Gasteiger partial charge on any atom is 0.320 e. The van der Waals surface area contributed by atoms with Crippen molar-refractivity contribution in [3.05, 3.63) is 71.8 Å². The van der Waals surface area contributed by atoms with Crippen molar-refractivity contribution in [2.45, 2.75) is 18.3 Å². The van der Waals surface area contributed by atoms with E-state index in [1.54, 1.807) is 0 Å². The number of rotatable bonds is 6. The minimum Gasteiger partial charge on any atom is -0.468 e. The van der Waals surface area contributed by atoms with Gasteiger partial charge in [0, 0.05) is 5.33 Å². The van der Waals surface area contributed by atoms with Gasteiger partial charge in [0.25, 0.3) is 0 Å². The maximum absolute atomic E-state index is 12.7. The number of hydrogen-bond acceptors (Lipinski definition) is 2. The zero-order valence-electron chi connectivity index (χ0n) is 12.1. The van der Waals surface area contributed by atoms with Gasteiger partial charge in [-0.15, -0.1) is 0 Å². The van der Waals surface area contributed by atoms with Crippen molar-refractivity contribution < 1.29 is 9.53 Å². The van der Waals surface area contributed by atoms with Crippen molar-refractivity contribution in [1.29, 1.82) is 0 Å². The molecule has 2 nitrogen and oxygen atoms in total. The van der Waals surface area contributed by atoms with Crippen LogP contribution >= 0.6 is 15.9 Å². The Morgan fingerprint density at radius 3 is 1.86 bits per heavy atom. The molecular weight excluding hydrogens is 328 g/mol. The number of methoxy groups -OCH3 is 1. The highest BCUT2D eigenvalue weighted by Crippen LogP contribution is 2.38. The first-order valence-electron chi connectivity index (χ1n) is 7.01. The van der Waals surface area contributed by atoms with Crippen molar-refractivity contribution in [3.63, 3.8) is 0 Å². The van der Waals surface area contributed by atoms with E-state index in [0.717, 1.165) is 22.9 Å². The third-order valence-electron chi connectivity index (χ3n) is 3.75. The van der Waals surface area contributed by atoms with E-state index in [4.69, 9.17) is 4.74 Å². The monoisotopic (exact) mass is 346 g/mol. The van der Waals surface area contributed by atoms with Crippen LogP contribution < -0.4 is 0 Å². The topological polar surface area (TPSA) is 26.3 Å². The number of halogens is 1. The molecule has 0 saturated carbocycles. The Morgan fingerprint density at radius 2 is 1.48 bits per heavy atom. The van der Waals surface area contributed by atoms with Crippen LogP contribution in [0.1, 0.15) is 24.0 Å². The molecule has 2 rings (SSSR count). The van der Waals surface area contributed by atoms with E-state index in [-0.39, 0.29) is 5.97 Å². The SMILES string of the molecule is COC(=O)C(CCCBr)(c1ccccc1)c1ccccc1. The lowest BCUT2D eigenvalue weighted by Crippen LogP contribution is -2.38. The van der Waals surface area contributed by atoms with E-state index in [1.165, 1.54) is 7.11 Å². The first kappa shape index (κ1) is 15.8. The number of esters is 1. The largest absolute Gasteiger partial charge is 0.468 e. The fraction of sp³-hybridized carbons (Fsp3) is 0.278. The average Bonchev–Trinajstić information content (AvgIpc) is 2.57. The zero-order valence-corrected chi connectivity index (χ0v) is 13.7. The lowest BCUT2D eigenvalue weighted by molar-refractivity contribution is -0.146. The molecule has 0 aromatic heterocycles. The molecule has 0 fully saturated rings. The Balaban J connectivity index is 2.62. The molecule has 2 aromatic rings. The minimum atomic E-state index is -0.745. The van der Waals surface area contributed by atoms with Crippen molar-refractivity contribution >= 4 is 21.9 Å². The van der Waals surface area contributed by atoms with Crippen LogP contribution in [0.2, 0.25) is 0 Å². The third-order valence-corrected chi connectivity index (χ3v) is 4.31. The Hall–Kier alpha value is -1.61. The van der Waals surface area contributed by atoms with Gasteiger partial charge in [0.05, 0.1) is 7.11 Å². The van der Waals surface area contributed by atoms with Gasteiger partial charge >= 0.3 is 5.97 Å². The summed E-state index contributed by atoms with van der Waals surface area (Å²) < 4.78 is 5.17. The van der Waals surface area contributed by atoms with Crippen molar-refractivity contribution in [2.75, 3.05) is 12.4 Å². The Labute approximate surface area is 134 Å². The maximum atomic E-state index is 12.7. The predicted molar refractivity (Wildman–Crippen MR) is 88.7 cm³/mol. The summed E-state index contributed by atoms with van der Waals surface area (Å²) in [6.45, 7) is 0. The first-order chi connectivity index (χ1) is 10.3. The lowest BCUT2D eigenvalue weighted by atomic mass is 9.71. The molecule has 0 bridgehead atoms. The van der Waals surface area contributed by atoms with Crippen LogP contribution in [0, 0.1) is 0 Å². The van der Waals surface area contributed by atoms with Crippen LogP contribution in [0.5, 0.6) is 0 Å². The summed E-state index contributed by atoms with van der Waals surface area (Å²) in [6.07, 6.45) is 1.60. The number of ether oxygens (including phenoxy) is 1. The van der Waals surface area contributed by atoms with Crippen LogP contribution in [-0.2, 0) is 14.9 Å². The second kappa shape index (κ2) is 7.41. The molecule has 0 aliphatic rings. The van der Waals surface area contributed by atoms with Crippen LogP contribution in [0.15, 0.2) is 60.7 Å². The standard InChI is InChI=1S/C18H19BrO2/c1-21-17(20)18(13-8-14-19,15-9-4-2-5-10-15)16-11-6-3-7-12-16/h2-7,9-12H,8,13-14H2,1H3. The van der Waals surface area contributed by atoms with Gasteiger partial charge in [-0.2, -0.15) is 0 Å². The number of carbonyl (C=O) groups excluding carboxylic acids is 1. The number of benzene rings is 2. The van der Waals surface area contributed by atoms with Gasteiger partial charge < -0.3 is 4.74 Å². The van der Waals surface area contributed by atoms with Crippen LogP contribution in [-0.4, -0.2) is 18.4 Å². The van der Waals surface area contributed by atoms with E-state index in [9.17, 15) is 4.79 Å². The van der Waals surface area contributed by atoms with Crippen LogP contribution in [0.3, 0.4) is 0 Å². The molecule has 0 heterocycles. The van der Waals surface area contributed by atoms with Crippen molar-refractivity contribution in [2.24, 2.45) is 0 Å². The summed E-state index contributed by atoms with van der Waals surface area (Å²) in [4.78, 5) is 12.7. The summed E-state index contributed by atoms with van der Waals surface area (Å²) >= 11 is 3.47. The molecule has 110 valence electrons. The highest BCUT2D eigenvalue weighted by molar-refractivity contribution is 9.09. The Bertz CT molecular complexity index is 527. The van der Waals surface area contributed by atoms with Crippen LogP contribution in [0.4, 0.5) is 0 Å². The molecule has 0 atom stereocenters. The molecule has 0 radical (unpaired) electrons. The fourth-order valence-electron chi connectivity index (χ4n) is 2.74. The summed E-state index contributed by atoms with van der Waals surface area (Å²) in [6, 6.07) is 19.8. The van der Waals surface area contributed by atoms with E-state index >= 15 is 0 Å². The van der Waals surface area contributed by atoms with Gasteiger partial charge in [-0.25, -0.2) is 0 Å². The minimum absolute atomic E-state index is 0.208. The zero-order chi connectivity index (χ0) is 15.1. The van der Waals surface area contributed by atoms with Gasteiger partial charge in [0.15, 0.2) is 0 Å². The second-order valence-electron chi connectivity index (χ2n) is 4.92. The number of alkyl halides is 1. The fourth-order valence-corrected chi connectivity index (χ4v) is 3.03. The molecule has 0 spiro atoms. The molecule has 2 aromatic carbocycles. The second-order valence-corrected chi connectivity index (χ2v) is 5.71. The predicted octanol–water partition coefficient (Wildman–Crippen LogP) is 4.32. The van der Waals surface area contributed by atoms with Gasteiger partial charge in [-0.3, -0.25) is 4.79 Å². The van der Waals surface area contributed by atoms with Gasteiger partial charge in [0.1, 0.15) is 5.41 Å². The summed E-state index contributed by atoms with van der Waals surface area (Å²) in [5.41, 5.74) is 1.21. The van der Waals surface area contributed by atoms with E-state index in [1.807, 2.05) is 60.7 Å². The average molecular weight is 347 g/mol. The molecule has 3 heteroatoms. The third kappa shape index (κ3) is 3.18. The van der Waals surface area contributed by atoms with E-state index in [2.05, 4.69) is 15.9 Å².